The van der Waals surface area contributed by atoms with Gasteiger partial charge in [-0.3, -0.25) is 9.10 Å². The maximum atomic E-state index is 13.0. The molecule has 5 nitrogen and oxygen atoms in total. The predicted octanol–water partition coefficient (Wildman–Crippen LogP) is 4.43. The number of aryl methyl sites for hydroxylation is 1. The van der Waals surface area contributed by atoms with Crippen LogP contribution in [0.1, 0.15) is 22.7 Å². The van der Waals surface area contributed by atoms with Gasteiger partial charge in [-0.25, -0.2) is 8.42 Å². The van der Waals surface area contributed by atoms with E-state index in [-0.39, 0.29) is 18.5 Å². The van der Waals surface area contributed by atoms with E-state index in [1.165, 1.54) is 0 Å². The van der Waals surface area contributed by atoms with Gasteiger partial charge in [-0.15, -0.1) is 0 Å². The fraction of sp³-hybridized carbons (Fsp3) is 0.174. The zero-order valence-corrected chi connectivity index (χ0v) is 19.2. The SMILES string of the molecule is Cc1ccccc1[C@@H](NC(=O)CN(c1ccc(Br)cc1)S(C)(=O)=O)c1ccccc1. The number of nitrogens with zero attached hydrogens (tertiary/aromatic N) is 1. The van der Waals surface area contributed by atoms with Crippen LogP contribution in [0, 0.1) is 6.92 Å². The van der Waals surface area contributed by atoms with Gasteiger partial charge in [0.2, 0.25) is 15.9 Å². The number of benzene rings is 3. The van der Waals surface area contributed by atoms with E-state index in [4.69, 9.17) is 0 Å². The average molecular weight is 487 g/mol. The smallest absolute Gasteiger partial charge is 0.241 e. The Morgan fingerprint density at radius 3 is 2.17 bits per heavy atom. The number of rotatable bonds is 7. The maximum absolute atomic E-state index is 13.0. The van der Waals surface area contributed by atoms with E-state index in [0.717, 1.165) is 31.7 Å². The van der Waals surface area contributed by atoms with Crippen molar-refractivity contribution < 1.29 is 13.2 Å². The third-order valence-corrected chi connectivity index (χ3v) is 6.41. The quantitative estimate of drug-likeness (QED) is 0.536. The van der Waals surface area contributed by atoms with Crippen molar-refractivity contribution in [1.82, 2.24) is 5.32 Å². The molecule has 1 amide bonds. The zero-order chi connectivity index (χ0) is 21.7. The van der Waals surface area contributed by atoms with Crippen LogP contribution < -0.4 is 9.62 Å². The molecule has 156 valence electrons. The second-order valence-electron chi connectivity index (χ2n) is 7.01. The minimum absolute atomic E-state index is 0.310. The van der Waals surface area contributed by atoms with Gasteiger partial charge in [0.25, 0.3) is 0 Å². The van der Waals surface area contributed by atoms with E-state index in [9.17, 15) is 13.2 Å². The molecule has 0 unspecified atom stereocenters. The topological polar surface area (TPSA) is 66.5 Å². The minimum Gasteiger partial charge on any atom is -0.344 e. The van der Waals surface area contributed by atoms with Gasteiger partial charge in [0.1, 0.15) is 6.54 Å². The highest BCUT2D eigenvalue weighted by Gasteiger charge is 2.24. The van der Waals surface area contributed by atoms with Crippen LogP contribution in [0.15, 0.2) is 83.3 Å². The first kappa shape index (κ1) is 22.1. The van der Waals surface area contributed by atoms with Crippen molar-refractivity contribution >= 4 is 37.5 Å². The first-order chi connectivity index (χ1) is 14.3. The molecule has 0 aliphatic carbocycles. The standard InChI is InChI=1S/C23H23BrN2O3S/c1-17-8-6-7-11-21(17)23(18-9-4-3-5-10-18)25-22(27)16-26(30(2,28)29)20-14-12-19(24)13-15-20/h3-15,23H,16H2,1-2H3,(H,25,27)/t23-/m0/s1. The fourth-order valence-electron chi connectivity index (χ4n) is 3.24. The van der Waals surface area contributed by atoms with Crippen molar-refractivity contribution in [3.63, 3.8) is 0 Å². The summed E-state index contributed by atoms with van der Waals surface area (Å²) in [4.78, 5) is 13.0. The molecular formula is C23H23BrN2O3S. The van der Waals surface area contributed by atoms with E-state index in [1.807, 2.05) is 61.5 Å². The largest absolute Gasteiger partial charge is 0.344 e. The summed E-state index contributed by atoms with van der Waals surface area (Å²) < 4.78 is 26.7. The number of nitrogens with one attached hydrogen (secondary N) is 1. The number of hydrogen-bond donors (Lipinski definition) is 1. The normalized spacial score (nSPS) is 12.2. The molecule has 0 heterocycles. The number of carbonyl (C=O) groups is 1. The van der Waals surface area contributed by atoms with Gasteiger partial charge in [0.05, 0.1) is 18.0 Å². The lowest BCUT2D eigenvalue weighted by molar-refractivity contribution is -0.120. The van der Waals surface area contributed by atoms with Crippen molar-refractivity contribution in [2.75, 3.05) is 17.1 Å². The number of halogens is 1. The Hall–Kier alpha value is -2.64. The van der Waals surface area contributed by atoms with Crippen LogP contribution >= 0.6 is 15.9 Å². The van der Waals surface area contributed by atoms with Crippen LogP contribution in [0.2, 0.25) is 0 Å². The number of hydrogen-bond acceptors (Lipinski definition) is 3. The molecule has 0 aromatic heterocycles. The molecule has 3 aromatic rings. The molecule has 7 heteroatoms. The first-order valence-electron chi connectivity index (χ1n) is 9.39. The molecule has 0 spiro atoms. The van der Waals surface area contributed by atoms with E-state index < -0.39 is 10.0 Å². The number of amides is 1. The van der Waals surface area contributed by atoms with Crippen LogP contribution in [0.5, 0.6) is 0 Å². The Labute approximate surface area is 185 Å². The van der Waals surface area contributed by atoms with Crippen molar-refractivity contribution in [3.05, 3.63) is 100 Å². The van der Waals surface area contributed by atoms with E-state index in [2.05, 4.69) is 21.2 Å². The van der Waals surface area contributed by atoms with E-state index in [1.54, 1.807) is 24.3 Å². The van der Waals surface area contributed by atoms with Crippen LogP contribution in [0.4, 0.5) is 5.69 Å². The molecule has 1 atom stereocenters. The lowest BCUT2D eigenvalue weighted by atomic mass is 9.95. The Bertz CT molecular complexity index is 1120. The maximum Gasteiger partial charge on any atom is 0.241 e. The molecule has 0 saturated heterocycles. The van der Waals surface area contributed by atoms with Gasteiger partial charge in [-0.05, 0) is 47.9 Å². The van der Waals surface area contributed by atoms with Crippen molar-refractivity contribution in [2.24, 2.45) is 0 Å². The third kappa shape index (κ3) is 5.49. The van der Waals surface area contributed by atoms with Crippen molar-refractivity contribution in [2.45, 2.75) is 13.0 Å². The van der Waals surface area contributed by atoms with Crippen LogP contribution in [-0.4, -0.2) is 27.1 Å². The predicted molar refractivity (Wildman–Crippen MR) is 124 cm³/mol. The number of anilines is 1. The Morgan fingerprint density at radius 1 is 0.967 bits per heavy atom. The highest BCUT2D eigenvalue weighted by molar-refractivity contribution is 9.10. The summed E-state index contributed by atoms with van der Waals surface area (Å²) in [6.07, 6.45) is 1.10. The molecule has 0 aliphatic heterocycles. The summed E-state index contributed by atoms with van der Waals surface area (Å²) in [5.74, 6) is -0.388. The monoisotopic (exact) mass is 486 g/mol. The Balaban J connectivity index is 1.90. The van der Waals surface area contributed by atoms with Gasteiger partial charge in [0, 0.05) is 4.47 Å². The van der Waals surface area contributed by atoms with Crippen molar-refractivity contribution in [3.8, 4) is 0 Å². The van der Waals surface area contributed by atoms with Crippen LogP contribution in [-0.2, 0) is 14.8 Å². The third-order valence-electron chi connectivity index (χ3n) is 4.74. The second-order valence-corrected chi connectivity index (χ2v) is 9.84. The summed E-state index contributed by atoms with van der Waals surface area (Å²) >= 11 is 3.34. The lowest BCUT2D eigenvalue weighted by Crippen LogP contribution is -2.42. The number of sulfonamides is 1. The minimum atomic E-state index is -3.64. The van der Waals surface area contributed by atoms with Gasteiger partial charge >= 0.3 is 0 Å². The lowest BCUT2D eigenvalue weighted by Gasteiger charge is -2.25. The molecule has 3 aromatic carbocycles. The molecule has 0 saturated carbocycles. The second kappa shape index (κ2) is 9.45. The molecule has 3 rings (SSSR count). The summed E-state index contributed by atoms with van der Waals surface area (Å²) in [5.41, 5.74) is 3.36. The zero-order valence-electron chi connectivity index (χ0n) is 16.7. The van der Waals surface area contributed by atoms with Gasteiger partial charge in [0.15, 0.2) is 0 Å². The van der Waals surface area contributed by atoms with E-state index >= 15 is 0 Å². The summed E-state index contributed by atoms with van der Waals surface area (Å²) in [6, 6.07) is 23.9. The van der Waals surface area contributed by atoms with Crippen LogP contribution in [0.3, 0.4) is 0 Å². The average Bonchev–Trinajstić information content (AvgIpc) is 2.71. The molecule has 0 aliphatic rings. The Morgan fingerprint density at radius 2 is 1.57 bits per heavy atom. The first-order valence-corrected chi connectivity index (χ1v) is 12.0. The van der Waals surface area contributed by atoms with E-state index in [0.29, 0.717) is 5.69 Å². The molecule has 30 heavy (non-hydrogen) atoms. The highest BCUT2D eigenvalue weighted by Crippen LogP contribution is 2.25. The molecule has 0 radical (unpaired) electrons. The summed E-state index contributed by atoms with van der Waals surface area (Å²) in [7, 11) is -3.64. The number of carbonyl (C=O) groups excluding carboxylic acids is 1. The molecule has 1 N–H and O–H groups in total. The van der Waals surface area contributed by atoms with Gasteiger partial charge < -0.3 is 5.32 Å². The summed E-state index contributed by atoms with van der Waals surface area (Å²) in [5, 5.41) is 3.02. The molecular weight excluding hydrogens is 464 g/mol. The molecule has 0 fully saturated rings. The summed E-state index contributed by atoms with van der Waals surface area (Å²) in [6.45, 7) is 1.68. The highest BCUT2D eigenvalue weighted by atomic mass is 79.9. The fourth-order valence-corrected chi connectivity index (χ4v) is 4.36. The molecule has 0 bridgehead atoms. The Kier molecular flexibility index (Phi) is 6.95. The van der Waals surface area contributed by atoms with Gasteiger partial charge in [-0.2, -0.15) is 0 Å². The van der Waals surface area contributed by atoms with Gasteiger partial charge in [-0.1, -0.05) is 70.5 Å². The van der Waals surface area contributed by atoms with Crippen LogP contribution in [0.25, 0.3) is 0 Å². The van der Waals surface area contributed by atoms with Crippen molar-refractivity contribution in [1.29, 1.82) is 0 Å².